The highest BCUT2D eigenvalue weighted by atomic mass is 13.6. The molecular weight excluding hydrogens is 102 g/mol. The fraction of sp³-hybridized carbons (Fsp3) is 1.00. The molecule has 0 spiro atoms. The molecule has 41 valence electrons. The molecule has 5 radical (unpaired) electrons. The topological polar surface area (TPSA) is 0 Å². The van der Waals surface area contributed by atoms with Crippen LogP contribution in [0.3, 0.4) is 0 Å². The molecule has 0 aromatic heterocycles. The van der Waals surface area contributed by atoms with Crippen molar-refractivity contribution in [2.24, 2.45) is 0 Å². The Labute approximate surface area is 62.7 Å². The van der Waals surface area contributed by atoms with Crippen molar-refractivity contribution in [2.75, 3.05) is 0 Å². The Bertz CT molecular complexity index is 54.9. The van der Waals surface area contributed by atoms with Gasteiger partial charge in [-0.2, -0.15) is 0 Å². The van der Waals surface area contributed by atoms with Crippen molar-refractivity contribution < 1.29 is 0 Å². The molecule has 0 saturated carbocycles. The smallest absolute Gasteiger partial charge is 0.0580 e. The molecule has 0 aliphatic heterocycles. The lowest BCUT2D eigenvalue weighted by Crippen LogP contribution is -2.23. The molecule has 0 atom stereocenters. The Morgan fingerprint density at radius 2 is 1.67 bits per heavy atom. The van der Waals surface area contributed by atoms with E-state index in [4.69, 9.17) is 0 Å². The van der Waals surface area contributed by atoms with Crippen molar-refractivity contribution in [3.63, 3.8) is 0 Å². The molecule has 0 rings (SSSR count). The van der Waals surface area contributed by atoms with Crippen LogP contribution in [-0.2, 0) is 0 Å². The van der Waals surface area contributed by atoms with Crippen LogP contribution < -0.4 is 0 Å². The van der Waals surface area contributed by atoms with Crippen LogP contribution in [0.25, 0.3) is 0 Å². The highest BCUT2D eigenvalue weighted by Gasteiger charge is 1.96. The van der Waals surface area contributed by atoms with Gasteiger partial charge in [0, 0.05) is 21.2 Å². The van der Waals surface area contributed by atoms with Crippen molar-refractivity contribution in [2.45, 2.75) is 26.5 Å². The summed E-state index contributed by atoms with van der Waals surface area (Å²) in [6, 6.07) is 0. The Hall–Kier alpha value is 0.325. The van der Waals surface area contributed by atoms with Crippen LogP contribution in [0.2, 0.25) is 12.6 Å². The molecule has 0 aliphatic carbocycles. The Morgan fingerprint density at radius 3 is 2.11 bits per heavy atom. The van der Waals surface area contributed by atoms with E-state index in [-0.39, 0.29) is 0 Å². The third-order valence-electron chi connectivity index (χ3n) is 0.911. The monoisotopic (exact) mass is 113 g/mol. The van der Waals surface area contributed by atoms with Gasteiger partial charge in [0.15, 0.2) is 0 Å². The quantitative estimate of drug-likeness (QED) is 0.348. The maximum Gasteiger partial charge on any atom is 0.0580 e. The highest BCUT2D eigenvalue weighted by molar-refractivity contribution is 7.53. The van der Waals surface area contributed by atoms with Gasteiger partial charge in [-0.3, -0.25) is 0 Å². The molecule has 0 amide bonds. The second-order valence-corrected chi connectivity index (χ2v) is 2.35. The average Bonchev–Trinajstić information content (AvgIpc) is 1.80. The van der Waals surface area contributed by atoms with Crippen LogP contribution in [-0.4, -0.2) is 35.5 Å². The lowest BCUT2D eigenvalue weighted by molar-refractivity contribution is 1.07. The molecule has 0 saturated heterocycles. The summed E-state index contributed by atoms with van der Waals surface area (Å²) in [4.78, 5) is 0. The predicted molar refractivity (Wildman–Crippen MR) is 49.7 cm³/mol. The SMILES string of the molecule is C[B][B][B][B][B]C(C)C. The predicted octanol–water partition coefficient (Wildman–Crippen LogP) is 0.0438. The minimum atomic E-state index is 0.659. The van der Waals surface area contributed by atoms with E-state index in [1.54, 1.807) is 0 Å². The first-order valence-corrected chi connectivity index (χ1v) is 3.40. The molecule has 0 aliphatic rings. The van der Waals surface area contributed by atoms with Gasteiger partial charge >= 0.3 is 0 Å². The van der Waals surface area contributed by atoms with E-state index in [1.165, 1.54) is 0 Å². The Balaban J connectivity index is 2.75. The molecule has 9 heavy (non-hydrogen) atoms. The molecule has 5 heteroatoms. The lowest BCUT2D eigenvalue weighted by atomic mass is 9.01. The zero-order chi connectivity index (χ0) is 7.11. The van der Waals surface area contributed by atoms with Crippen molar-refractivity contribution in [1.82, 2.24) is 0 Å². The van der Waals surface area contributed by atoms with Crippen LogP contribution in [0.5, 0.6) is 0 Å². The van der Waals surface area contributed by atoms with Crippen LogP contribution in [0.4, 0.5) is 0 Å². The molecule has 0 aromatic rings. The molecule has 0 fully saturated rings. The summed E-state index contributed by atoms with van der Waals surface area (Å²) in [6.45, 7) is 6.35. The Morgan fingerprint density at radius 1 is 1.00 bits per heavy atom. The third-order valence-corrected chi connectivity index (χ3v) is 0.911. The first kappa shape index (κ1) is 9.32. The Kier molecular flexibility index (Phi) is 6.68. The molecule has 0 aromatic carbocycles. The van der Waals surface area contributed by atoms with E-state index in [0.29, 0.717) is 5.82 Å². The van der Waals surface area contributed by atoms with E-state index < -0.39 is 0 Å². The number of rotatable bonds is 5. The van der Waals surface area contributed by atoms with E-state index in [9.17, 15) is 0 Å². The summed E-state index contributed by atoms with van der Waals surface area (Å²) in [6.07, 6.45) is 0. The van der Waals surface area contributed by atoms with Crippen LogP contribution in [0, 0.1) is 0 Å². The van der Waals surface area contributed by atoms with Gasteiger partial charge < -0.3 is 0 Å². The van der Waals surface area contributed by atoms with Crippen molar-refractivity contribution >= 4 is 35.5 Å². The highest BCUT2D eigenvalue weighted by Crippen LogP contribution is 1.92. The first-order chi connectivity index (χ1) is 4.27. The van der Waals surface area contributed by atoms with Crippen molar-refractivity contribution in [1.29, 1.82) is 0 Å². The third kappa shape index (κ3) is 8.32. The van der Waals surface area contributed by atoms with Crippen LogP contribution in [0.15, 0.2) is 0 Å². The van der Waals surface area contributed by atoms with Gasteiger partial charge in [0.25, 0.3) is 0 Å². The van der Waals surface area contributed by atoms with E-state index in [1.807, 2.05) is 28.1 Å². The summed E-state index contributed by atoms with van der Waals surface area (Å²) >= 11 is 0. The van der Waals surface area contributed by atoms with Gasteiger partial charge in [-0.1, -0.05) is 19.7 Å². The molecule has 0 N–H and O–H groups in total. The van der Waals surface area contributed by atoms with Gasteiger partial charge in [0.05, 0.1) is 14.3 Å². The van der Waals surface area contributed by atoms with Gasteiger partial charge in [-0.15, -0.1) is 6.82 Å². The average molecular weight is 112 g/mol. The van der Waals surface area contributed by atoms with Crippen molar-refractivity contribution in [3.8, 4) is 0 Å². The minimum absolute atomic E-state index is 0.659. The summed E-state index contributed by atoms with van der Waals surface area (Å²) in [7, 11) is 10.3. The molecule has 0 bridgehead atoms. The standard InChI is InChI=1S/C4H10B5/c1-4(2)6-8-9-7-5-3/h4H,1-3H3. The molecule has 0 unspecified atom stereocenters. The second-order valence-electron chi connectivity index (χ2n) is 2.35. The summed E-state index contributed by atoms with van der Waals surface area (Å²) < 4.78 is 0. The van der Waals surface area contributed by atoms with E-state index in [0.717, 1.165) is 0 Å². The maximum atomic E-state index is 2.17. The lowest BCUT2D eigenvalue weighted by Gasteiger charge is -1.98. The minimum Gasteiger partial charge on any atom is -0.101 e. The number of hydrogen-bond acceptors (Lipinski definition) is 0. The largest absolute Gasteiger partial charge is 0.101 e. The maximum absolute atomic E-state index is 2.17. The normalized spacial score (nSPS) is 8.44. The fourth-order valence-corrected chi connectivity index (χ4v) is 0.462. The van der Waals surface area contributed by atoms with Gasteiger partial charge in [0.1, 0.15) is 0 Å². The van der Waals surface area contributed by atoms with E-state index in [2.05, 4.69) is 28.1 Å². The fourth-order valence-electron chi connectivity index (χ4n) is 0.462. The van der Waals surface area contributed by atoms with Crippen LogP contribution >= 0.6 is 0 Å². The van der Waals surface area contributed by atoms with Gasteiger partial charge in [-0.25, -0.2) is 0 Å². The zero-order valence-corrected chi connectivity index (χ0v) is 6.46. The molecular formula is C4H10B5. The summed E-state index contributed by atoms with van der Waals surface area (Å²) in [5.74, 6) is 0.659. The van der Waals surface area contributed by atoms with Gasteiger partial charge in [0.2, 0.25) is 0 Å². The first-order valence-electron chi connectivity index (χ1n) is 3.40. The zero-order valence-electron chi connectivity index (χ0n) is 6.46. The molecule has 0 nitrogen and oxygen atoms in total. The second kappa shape index (κ2) is 6.44. The van der Waals surface area contributed by atoms with Crippen molar-refractivity contribution in [3.05, 3.63) is 0 Å². The van der Waals surface area contributed by atoms with E-state index >= 15 is 0 Å². The van der Waals surface area contributed by atoms with Crippen LogP contribution in [0.1, 0.15) is 13.8 Å². The summed E-state index contributed by atoms with van der Waals surface area (Å²) in [5.41, 5.74) is 0. The molecule has 0 heterocycles. The number of hydrogen-bond donors (Lipinski definition) is 0. The summed E-state index contributed by atoms with van der Waals surface area (Å²) in [5, 5.41) is 0. The van der Waals surface area contributed by atoms with Gasteiger partial charge in [-0.05, 0) is 0 Å².